The number of benzene rings is 2. The molecule has 0 atom stereocenters. The van der Waals surface area contributed by atoms with Gasteiger partial charge in [-0.05, 0) is 43.2 Å². The Kier molecular flexibility index (Phi) is 6.19. The quantitative estimate of drug-likeness (QED) is 0.618. The van der Waals surface area contributed by atoms with Crippen molar-refractivity contribution in [2.45, 2.75) is 20.3 Å². The molecule has 0 saturated carbocycles. The molecule has 0 aliphatic rings. The van der Waals surface area contributed by atoms with Crippen LogP contribution < -0.4 is 10.1 Å². The second-order valence-corrected chi connectivity index (χ2v) is 7.28. The van der Waals surface area contributed by atoms with E-state index in [2.05, 4.69) is 10.3 Å². The topological polar surface area (TPSA) is 51.2 Å². The molecular weight excluding hydrogens is 363 g/mol. The third kappa shape index (κ3) is 5.14. The van der Waals surface area contributed by atoms with Crippen LogP contribution in [-0.2, 0) is 6.42 Å². The summed E-state index contributed by atoms with van der Waals surface area (Å²) in [5, 5.41) is 3.70. The minimum absolute atomic E-state index is 0.149. The fourth-order valence-electron chi connectivity index (χ4n) is 2.64. The first-order valence-electron chi connectivity index (χ1n) is 8.70. The van der Waals surface area contributed by atoms with E-state index in [-0.39, 0.29) is 11.7 Å². The van der Waals surface area contributed by atoms with Crippen molar-refractivity contribution < 1.29 is 13.9 Å². The molecule has 1 N–H and O–H groups in total. The van der Waals surface area contributed by atoms with Gasteiger partial charge < -0.3 is 10.1 Å². The van der Waals surface area contributed by atoms with E-state index < -0.39 is 0 Å². The lowest BCUT2D eigenvalue weighted by atomic mass is 10.1. The second kappa shape index (κ2) is 8.77. The van der Waals surface area contributed by atoms with E-state index in [0.717, 1.165) is 21.9 Å². The summed E-state index contributed by atoms with van der Waals surface area (Å²) in [6.07, 6.45) is 0.579. The van der Waals surface area contributed by atoms with Crippen LogP contribution in [0.3, 0.4) is 0 Å². The Hall–Kier alpha value is -2.73. The van der Waals surface area contributed by atoms with Gasteiger partial charge in [0.05, 0.1) is 17.2 Å². The van der Waals surface area contributed by atoms with Crippen LogP contribution in [0.5, 0.6) is 5.75 Å². The van der Waals surface area contributed by atoms with Gasteiger partial charge in [-0.25, -0.2) is 9.37 Å². The average molecular weight is 384 g/mol. The van der Waals surface area contributed by atoms with Crippen LogP contribution >= 0.6 is 11.3 Å². The normalized spacial score (nSPS) is 10.6. The monoisotopic (exact) mass is 384 g/mol. The van der Waals surface area contributed by atoms with Crippen molar-refractivity contribution in [3.63, 3.8) is 0 Å². The van der Waals surface area contributed by atoms with Gasteiger partial charge in [-0.3, -0.25) is 4.79 Å². The minimum Gasteiger partial charge on any atom is -0.491 e. The number of aromatic nitrogens is 1. The lowest BCUT2D eigenvalue weighted by Gasteiger charge is -2.09. The van der Waals surface area contributed by atoms with Gasteiger partial charge in [0.15, 0.2) is 0 Å². The molecule has 1 heterocycles. The van der Waals surface area contributed by atoms with Crippen LogP contribution in [0.25, 0.3) is 0 Å². The van der Waals surface area contributed by atoms with Crippen molar-refractivity contribution in [2.24, 2.45) is 0 Å². The molecule has 0 unspecified atom stereocenters. The van der Waals surface area contributed by atoms with Gasteiger partial charge >= 0.3 is 0 Å². The van der Waals surface area contributed by atoms with Crippen molar-refractivity contribution >= 4 is 17.2 Å². The Morgan fingerprint density at radius 1 is 1.15 bits per heavy atom. The van der Waals surface area contributed by atoms with Crippen LogP contribution in [0.15, 0.2) is 48.5 Å². The Labute approximate surface area is 162 Å². The van der Waals surface area contributed by atoms with E-state index >= 15 is 0 Å². The first kappa shape index (κ1) is 19.0. The number of amides is 1. The highest BCUT2D eigenvalue weighted by Crippen LogP contribution is 2.21. The Bertz CT molecular complexity index is 922. The molecule has 3 aromatic rings. The maximum atomic E-state index is 13.0. The summed E-state index contributed by atoms with van der Waals surface area (Å²) in [7, 11) is 0. The van der Waals surface area contributed by atoms with Crippen molar-refractivity contribution in [1.82, 2.24) is 10.3 Å². The highest BCUT2D eigenvalue weighted by Gasteiger charge is 2.15. The van der Waals surface area contributed by atoms with Gasteiger partial charge in [0.25, 0.3) is 5.91 Å². The summed E-state index contributed by atoms with van der Waals surface area (Å²) in [5.41, 5.74) is 2.73. The molecular formula is C21H21FN2O2S. The number of nitrogens with one attached hydrogen (secondary N) is 1. The number of aryl methyl sites for hydroxylation is 2. The van der Waals surface area contributed by atoms with Crippen LogP contribution in [0, 0.1) is 19.7 Å². The molecule has 27 heavy (non-hydrogen) atoms. The van der Waals surface area contributed by atoms with Crippen LogP contribution in [0.4, 0.5) is 4.39 Å². The van der Waals surface area contributed by atoms with Crippen LogP contribution in [0.2, 0.25) is 0 Å². The van der Waals surface area contributed by atoms with Crippen LogP contribution in [0.1, 0.15) is 31.5 Å². The molecule has 2 aromatic carbocycles. The van der Waals surface area contributed by atoms with Gasteiger partial charge in [-0.1, -0.05) is 30.3 Å². The van der Waals surface area contributed by atoms with Crippen molar-refractivity contribution in [2.75, 3.05) is 13.2 Å². The van der Waals surface area contributed by atoms with Gasteiger partial charge in [0, 0.05) is 6.42 Å². The molecule has 0 aliphatic carbocycles. The van der Waals surface area contributed by atoms with E-state index in [1.807, 2.05) is 38.1 Å². The maximum absolute atomic E-state index is 13.0. The number of para-hydroxylation sites is 1. The fourth-order valence-corrected chi connectivity index (χ4v) is 3.65. The van der Waals surface area contributed by atoms with Gasteiger partial charge in [-0.2, -0.15) is 0 Å². The van der Waals surface area contributed by atoms with Crippen molar-refractivity contribution in [3.8, 4) is 5.75 Å². The smallest absolute Gasteiger partial charge is 0.263 e. The Morgan fingerprint density at radius 2 is 1.89 bits per heavy atom. The molecule has 0 fully saturated rings. The zero-order chi connectivity index (χ0) is 19.2. The van der Waals surface area contributed by atoms with Crippen LogP contribution in [-0.4, -0.2) is 24.0 Å². The highest BCUT2D eigenvalue weighted by molar-refractivity contribution is 7.13. The standard InChI is InChI=1S/C21H21FN2O2S/c1-14-5-3-4-6-18(14)26-12-11-23-21(25)20-15(2)24-19(27-20)13-16-7-9-17(22)10-8-16/h3-10H,11-13H2,1-2H3,(H,23,25). The largest absolute Gasteiger partial charge is 0.491 e. The molecule has 3 rings (SSSR count). The molecule has 0 aliphatic heterocycles. The maximum Gasteiger partial charge on any atom is 0.263 e. The SMILES string of the molecule is Cc1ccccc1OCCNC(=O)c1sc(Cc2ccc(F)cc2)nc1C. The average Bonchev–Trinajstić information content (AvgIpc) is 3.02. The molecule has 1 amide bonds. The number of nitrogens with zero attached hydrogens (tertiary/aromatic N) is 1. The number of hydrogen-bond donors (Lipinski definition) is 1. The molecule has 0 saturated heterocycles. The number of thiazole rings is 1. The van der Waals surface area contributed by atoms with Gasteiger partial charge in [0.2, 0.25) is 0 Å². The van der Waals surface area contributed by atoms with E-state index in [1.54, 1.807) is 12.1 Å². The van der Waals surface area contributed by atoms with Gasteiger partial charge in [0.1, 0.15) is 23.1 Å². The number of ether oxygens (including phenoxy) is 1. The number of carbonyl (C=O) groups excluding carboxylic acids is 1. The molecule has 6 heteroatoms. The summed E-state index contributed by atoms with van der Waals surface area (Å²) in [6.45, 7) is 4.62. The Balaban J connectivity index is 1.53. The first-order valence-corrected chi connectivity index (χ1v) is 9.52. The summed E-state index contributed by atoms with van der Waals surface area (Å²) in [5.74, 6) is 0.410. The molecule has 0 spiro atoms. The molecule has 4 nitrogen and oxygen atoms in total. The number of hydrogen-bond acceptors (Lipinski definition) is 4. The summed E-state index contributed by atoms with van der Waals surface area (Å²) < 4.78 is 18.7. The summed E-state index contributed by atoms with van der Waals surface area (Å²) in [4.78, 5) is 17.5. The van der Waals surface area contributed by atoms with Crippen molar-refractivity contribution in [1.29, 1.82) is 0 Å². The highest BCUT2D eigenvalue weighted by atomic mass is 32.1. The number of carbonyl (C=O) groups is 1. The van der Waals surface area contributed by atoms with E-state index in [9.17, 15) is 9.18 Å². The fraction of sp³-hybridized carbons (Fsp3) is 0.238. The zero-order valence-corrected chi connectivity index (χ0v) is 16.1. The van der Waals surface area contributed by atoms with E-state index in [1.165, 1.54) is 23.5 Å². The first-order chi connectivity index (χ1) is 13.0. The second-order valence-electron chi connectivity index (χ2n) is 6.20. The lowest BCUT2D eigenvalue weighted by Crippen LogP contribution is -2.28. The zero-order valence-electron chi connectivity index (χ0n) is 15.3. The lowest BCUT2D eigenvalue weighted by molar-refractivity contribution is 0.0950. The number of rotatable bonds is 7. The third-order valence-corrected chi connectivity index (χ3v) is 5.21. The number of halogens is 1. The van der Waals surface area contributed by atoms with Crippen molar-refractivity contribution in [3.05, 3.63) is 81.1 Å². The summed E-state index contributed by atoms with van der Waals surface area (Å²) >= 11 is 1.37. The molecule has 140 valence electrons. The molecule has 0 radical (unpaired) electrons. The minimum atomic E-state index is -0.262. The third-order valence-electron chi connectivity index (χ3n) is 4.05. The molecule has 1 aromatic heterocycles. The predicted octanol–water partition coefficient (Wildman–Crippen LogP) is 4.30. The predicted molar refractivity (Wildman–Crippen MR) is 105 cm³/mol. The van der Waals surface area contributed by atoms with E-state index in [4.69, 9.17) is 4.74 Å². The molecule has 0 bridgehead atoms. The summed E-state index contributed by atoms with van der Waals surface area (Å²) in [6, 6.07) is 14.1. The van der Waals surface area contributed by atoms with E-state index in [0.29, 0.717) is 30.1 Å². The Morgan fingerprint density at radius 3 is 2.63 bits per heavy atom. The van der Waals surface area contributed by atoms with Gasteiger partial charge in [-0.15, -0.1) is 11.3 Å².